The summed E-state index contributed by atoms with van der Waals surface area (Å²) < 4.78 is 0.380. The SMILES string of the molecule is [N-]=[N+]=Nc1nc(Br)n[nH]1. The van der Waals surface area contributed by atoms with Gasteiger partial charge in [-0.2, -0.15) is 4.98 Å². The van der Waals surface area contributed by atoms with Gasteiger partial charge in [0.05, 0.1) is 0 Å². The second-order valence-corrected chi connectivity index (χ2v) is 1.83. The molecule has 0 saturated heterocycles. The fourth-order valence-electron chi connectivity index (χ4n) is 0.321. The number of aromatic nitrogens is 3. The van der Waals surface area contributed by atoms with Crippen LogP contribution in [0.5, 0.6) is 0 Å². The minimum atomic E-state index is 0.157. The van der Waals surface area contributed by atoms with Crippen LogP contribution in [0.25, 0.3) is 10.4 Å². The summed E-state index contributed by atoms with van der Waals surface area (Å²) in [6.07, 6.45) is 0. The number of hydrogen-bond donors (Lipinski definition) is 1. The first kappa shape index (κ1) is 6.06. The van der Waals surface area contributed by atoms with Crippen molar-refractivity contribution in [1.82, 2.24) is 15.2 Å². The van der Waals surface area contributed by atoms with Gasteiger partial charge < -0.3 is 0 Å². The smallest absolute Gasteiger partial charge is 0.217 e. The molecule has 1 rings (SSSR count). The molecule has 1 heterocycles. The van der Waals surface area contributed by atoms with Gasteiger partial charge in [0.25, 0.3) is 0 Å². The summed E-state index contributed by atoms with van der Waals surface area (Å²) in [5.41, 5.74) is 7.88. The van der Waals surface area contributed by atoms with Crippen LogP contribution in [0.2, 0.25) is 0 Å². The third kappa shape index (κ3) is 1.41. The summed E-state index contributed by atoms with van der Waals surface area (Å²) in [5, 5.41) is 9.08. The predicted molar refractivity (Wildman–Crippen MR) is 32.9 cm³/mol. The number of nitrogens with zero attached hydrogens (tertiary/aromatic N) is 5. The third-order valence-corrected chi connectivity index (χ3v) is 0.940. The number of nitrogens with one attached hydrogen (secondary N) is 1. The summed E-state index contributed by atoms with van der Waals surface area (Å²) in [6, 6.07) is 0. The van der Waals surface area contributed by atoms with Crippen molar-refractivity contribution >= 4 is 21.9 Å². The zero-order valence-electron chi connectivity index (χ0n) is 4.11. The maximum Gasteiger partial charge on any atom is 0.217 e. The maximum atomic E-state index is 7.88. The Morgan fingerprint density at radius 2 is 2.56 bits per heavy atom. The quantitative estimate of drug-likeness (QED) is 0.412. The average molecular weight is 189 g/mol. The van der Waals surface area contributed by atoms with E-state index in [4.69, 9.17) is 5.53 Å². The van der Waals surface area contributed by atoms with Gasteiger partial charge in [-0.05, 0) is 26.6 Å². The first-order valence-corrected chi connectivity index (χ1v) is 2.75. The number of aromatic amines is 1. The van der Waals surface area contributed by atoms with Gasteiger partial charge in [-0.25, -0.2) is 0 Å². The summed E-state index contributed by atoms with van der Waals surface area (Å²) >= 11 is 2.97. The van der Waals surface area contributed by atoms with Crippen LogP contribution in [-0.4, -0.2) is 15.2 Å². The normalized spacial score (nSPS) is 8.56. The van der Waals surface area contributed by atoms with E-state index in [1.54, 1.807) is 0 Å². The van der Waals surface area contributed by atoms with Crippen molar-refractivity contribution in [3.63, 3.8) is 0 Å². The Morgan fingerprint density at radius 1 is 1.78 bits per heavy atom. The molecular formula is C2HBrN6. The molecule has 1 aromatic heterocycles. The van der Waals surface area contributed by atoms with E-state index in [9.17, 15) is 0 Å². The van der Waals surface area contributed by atoms with Gasteiger partial charge in [0.15, 0.2) is 0 Å². The molecule has 0 unspecified atom stereocenters. The Morgan fingerprint density at radius 3 is 3.00 bits per heavy atom. The number of rotatable bonds is 1. The highest BCUT2D eigenvalue weighted by molar-refractivity contribution is 9.10. The molecule has 6 nitrogen and oxygen atoms in total. The first-order chi connectivity index (χ1) is 4.33. The summed E-state index contributed by atoms with van der Waals surface area (Å²) in [7, 11) is 0. The zero-order chi connectivity index (χ0) is 6.69. The van der Waals surface area contributed by atoms with Gasteiger partial charge in [0.1, 0.15) is 0 Å². The van der Waals surface area contributed by atoms with Crippen molar-refractivity contribution in [2.75, 3.05) is 0 Å². The van der Waals surface area contributed by atoms with Crippen LogP contribution in [0, 0.1) is 0 Å². The van der Waals surface area contributed by atoms with Crippen LogP contribution in [-0.2, 0) is 0 Å². The molecule has 0 aliphatic carbocycles. The topological polar surface area (TPSA) is 90.3 Å². The van der Waals surface area contributed by atoms with Gasteiger partial charge in [-0.3, -0.25) is 5.10 Å². The molecule has 0 aliphatic heterocycles. The Balaban J connectivity index is 2.97. The number of H-pyrrole nitrogens is 1. The molecular weight excluding hydrogens is 188 g/mol. The minimum absolute atomic E-state index is 0.157. The fraction of sp³-hybridized carbons (Fsp3) is 0. The molecule has 0 bridgehead atoms. The Labute approximate surface area is 58.0 Å². The standard InChI is InChI=1S/C2HBrN6/c3-1-5-2(7-6-1)8-9-4/h(H,5,6,7). The number of hydrogen-bond acceptors (Lipinski definition) is 3. The predicted octanol–water partition coefficient (Wildman–Crippen LogP) is 1.51. The lowest BCUT2D eigenvalue weighted by Crippen LogP contribution is -1.61. The molecule has 46 valence electrons. The van der Waals surface area contributed by atoms with Crippen LogP contribution in [0.4, 0.5) is 5.95 Å². The van der Waals surface area contributed by atoms with Gasteiger partial charge in [-0.15, -0.1) is 5.10 Å². The fourth-order valence-corrected chi connectivity index (χ4v) is 0.577. The molecule has 0 amide bonds. The molecule has 0 atom stereocenters. The van der Waals surface area contributed by atoms with E-state index < -0.39 is 0 Å². The molecule has 0 spiro atoms. The lowest BCUT2D eigenvalue weighted by atomic mass is 11.1. The summed E-state index contributed by atoms with van der Waals surface area (Å²) in [4.78, 5) is 6.12. The van der Waals surface area contributed by atoms with Crippen molar-refractivity contribution in [2.45, 2.75) is 0 Å². The Bertz CT molecular complexity index is 245. The molecule has 0 aliphatic rings. The molecule has 0 aromatic carbocycles. The molecule has 1 N–H and O–H groups in total. The van der Waals surface area contributed by atoms with Gasteiger partial charge >= 0.3 is 0 Å². The minimum Gasteiger partial charge on any atom is -0.257 e. The van der Waals surface area contributed by atoms with Crippen LogP contribution in [0.1, 0.15) is 0 Å². The highest BCUT2D eigenvalue weighted by atomic mass is 79.9. The van der Waals surface area contributed by atoms with Crippen LogP contribution < -0.4 is 0 Å². The van der Waals surface area contributed by atoms with Gasteiger partial charge in [-0.1, -0.05) is 0 Å². The van der Waals surface area contributed by atoms with E-state index in [2.05, 4.69) is 41.1 Å². The molecule has 0 saturated carbocycles. The van der Waals surface area contributed by atoms with Crippen LogP contribution in [0.15, 0.2) is 9.85 Å². The van der Waals surface area contributed by atoms with Crippen LogP contribution >= 0.6 is 15.9 Å². The van der Waals surface area contributed by atoms with Crippen LogP contribution in [0.3, 0.4) is 0 Å². The van der Waals surface area contributed by atoms with E-state index in [1.807, 2.05) is 0 Å². The maximum absolute atomic E-state index is 7.88. The molecule has 0 radical (unpaired) electrons. The lowest BCUT2D eigenvalue weighted by molar-refractivity contribution is 1.06. The average Bonchev–Trinajstić information content (AvgIpc) is 2.17. The number of azide groups is 1. The van der Waals surface area contributed by atoms with E-state index in [0.717, 1.165) is 0 Å². The first-order valence-electron chi connectivity index (χ1n) is 1.96. The van der Waals surface area contributed by atoms with Crippen molar-refractivity contribution in [1.29, 1.82) is 0 Å². The van der Waals surface area contributed by atoms with E-state index in [-0.39, 0.29) is 5.95 Å². The number of halogens is 1. The third-order valence-electron chi connectivity index (χ3n) is 0.586. The Hall–Kier alpha value is -1.07. The van der Waals surface area contributed by atoms with Crippen molar-refractivity contribution in [3.8, 4) is 0 Å². The molecule has 7 heteroatoms. The van der Waals surface area contributed by atoms with Crippen molar-refractivity contribution in [2.24, 2.45) is 5.11 Å². The van der Waals surface area contributed by atoms with Crippen molar-refractivity contribution in [3.05, 3.63) is 15.2 Å². The lowest BCUT2D eigenvalue weighted by Gasteiger charge is -1.69. The highest BCUT2D eigenvalue weighted by Crippen LogP contribution is 2.06. The van der Waals surface area contributed by atoms with Gasteiger partial charge in [0.2, 0.25) is 10.7 Å². The second-order valence-electron chi connectivity index (χ2n) is 1.12. The molecule has 9 heavy (non-hydrogen) atoms. The van der Waals surface area contributed by atoms with E-state index >= 15 is 0 Å². The van der Waals surface area contributed by atoms with E-state index in [0.29, 0.717) is 4.73 Å². The summed E-state index contributed by atoms with van der Waals surface area (Å²) in [5.74, 6) is 0.157. The molecule has 1 aromatic rings. The largest absolute Gasteiger partial charge is 0.257 e. The monoisotopic (exact) mass is 188 g/mol. The molecule has 0 fully saturated rings. The summed E-state index contributed by atoms with van der Waals surface area (Å²) in [6.45, 7) is 0. The van der Waals surface area contributed by atoms with E-state index in [1.165, 1.54) is 0 Å². The van der Waals surface area contributed by atoms with Gasteiger partial charge in [0, 0.05) is 4.91 Å². The zero-order valence-corrected chi connectivity index (χ0v) is 5.70. The highest BCUT2D eigenvalue weighted by Gasteiger charge is 1.93. The second kappa shape index (κ2) is 2.47. The Kier molecular flexibility index (Phi) is 1.66. The van der Waals surface area contributed by atoms with Crippen molar-refractivity contribution < 1.29 is 0 Å².